The number of benzene rings is 2. The predicted molar refractivity (Wildman–Crippen MR) is 98.9 cm³/mol. The van der Waals surface area contributed by atoms with E-state index < -0.39 is 11.4 Å². The van der Waals surface area contributed by atoms with Crippen molar-refractivity contribution < 1.29 is 4.79 Å². The van der Waals surface area contributed by atoms with Gasteiger partial charge < -0.3 is 5.32 Å². The third-order valence-corrected chi connectivity index (χ3v) is 4.08. The highest BCUT2D eigenvalue weighted by Crippen LogP contribution is 2.19. The predicted octanol–water partition coefficient (Wildman–Crippen LogP) is 1.28. The first-order valence-corrected chi connectivity index (χ1v) is 8.34. The van der Waals surface area contributed by atoms with Gasteiger partial charge in [0.15, 0.2) is 0 Å². The van der Waals surface area contributed by atoms with Crippen LogP contribution in [0.25, 0.3) is 11.1 Å². The zero-order valence-corrected chi connectivity index (χ0v) is 14.4. The van der Waals surface area contributed by atoms with Crippen molar-refractivity contribution in [3.8, 4) is 11.1 Å². The van der Waals surface area contributed by atoms with Crippen molar-refractivity contribution in [2.45, 2.75) is 25.9 Å². The molecule has 3 N–H and O–H groups in total. The van der Waals surface area contributed by atoms with Crippen LogP contribution >= 0.6 is 0 Å². The van der Waals surface area contributed by atoms with Crippen LogP contribution in [0.15, 0.2) is 64.2 Å². The first kappa shape index (κ1) is 17.5. The standard InChI is InChI=1S/C19H20N4O3/c1-13(20-17(24)12-23-18(25)21-22-19(23)26)11-14-7-9-16(10-8-14)15-5-3-2-4-6-15/h2-10,13H,11-12H2,1H3,(H,20,24)(H,21,25)(H,22,26). The summed E-state index contributed by atoms with van der Waals surface area (Å²) in [6, 6.07) is 18.2. The minimum Gasteiger partial charge on any atom is -0.352 e. The molecule has 1 atom stereocenters. The van der Waals surface area contributed by atoms with Crippen LogP contribution in [0.2, 0.25) is 0 Å². The maximum absolute atomic E-state index is 12.0. The van der Waals surface area contributed by atoms with Gasteiger partial charge in [0.25, 0.3) is 0 Å². The molecule has 1 amide bonds. The van der Waals surface area contributed by atoms with E-state index in [0.717, 1.165) is 21.3 Å². The SMILES string of the molecule is CC(Cc1ccc(-c2ccccc2)cc1)NC(=O)Cn1c(=O)[nH][nH]c1=O. The monoisotopic (exact) mass is 352 g/mol. The van der Waals surface area contributed by atoms with Gasteiger partial charge >= 0.3 is 11.4 Å². The summed E-state index contributed by atoms with van der Waals surface area (Å²) in [6.45, 7) is 1.57. The molecule has 134 valence electrons. The van der Waals surface area contributed by atoms with E-state index in [2.05, 4.69) is 39.8 Å². The molecule has 7 nitrogen and oxygen atoms in total. The third-order valence-electron chi connectivity index (χ3n) is 4.08. The molecule has 0 aliphatic carbocycles. The highest BCUT2D eigenvalue weighted by Gasteiger charge is 2.12. The van der Waals surface area contributed by atoms with E-state index >= 15 is 0 Å². The Labute approximate surface area is 149 Å². The molecule has 1 heterocycles. The number of aromatic amines is 2. The minimum absolute atomic E-state index is 0.126. The van der Waals surface area contributed by atoms with E-state index in [1.54, 1.807) is 0 Å². The number of carbonyl (C=O) groups excluding carboxylic acids is 1. The molecule has 0 fully saturated rings. The molecule has 0 spiro atoms. The maximum Gasteiger partial charge on any atom is 0.344 e. The molecule has 1 aromatic heterocycles. The van der Waals surface area contributed by atoms with Crippen molar-refractivity contribution in [1.82, 2.24) is 20.1 Å². The van der Waals surface area contributed by atoms with E-state index in [9.17, 15) is 14.4 Å². The number of nitrogens with one attached hydrogen (secondary N) is 3. The Morgan fingerprint density at radius 3 is 2.15 bits per heavy atom. The fourth-order valence-corrected chi connectivity index (χ4v) is 2.81. The lowest BCUT2D eigenvalue weighted by atomic mass is 10.0. The third kappa shape index (κ3) is 4.18. The first-order chi connectivity index (χ1) is 12.5. The maximum atomic E-state index is 12.0. The lowest BCUT2D eigenvalue weighted by Gasteiger charge is -2.14. The molecular formula is C19H20N4O3. The van der Waals surface area contributed by atoms with Crippen molar-refractivity contribution in [1.29, 1.82) is 0 Å². The van der Waals surface area contributed by atoms with Crippen LogP contribution in [0.5, 0.6) is 0 Å². The summed E-state index contributed by atoms with van der Waals surface area (Å²) in [4.78, 5) is 34.8. The molecule has 2 aromatic carbocycles. The molecule has 1 unspecified atom stereocenters. The van der Waals surface area contributed by atoms with E-state index in [1.807, 2.05) is 37.3 Å². The average molecular weight is 352 g/mol. The summed E-state index contributed by atoms with van der Waals surface area (Å²) in [6.07, 6.45) is 0.652. The number of rotatable bonds is 6. The van der Waals surface area contributed by atoms with Crippen LogP contribution in [-0.4, -0.2) is 26.7 Å². The molecule has 0 saturated heterocycles. The lowest BCUT2D eigenvalue weighted by molar-refractivity contribution is -0.122. The van der Waals surface area contributed by atoms with Gasteiger partial charge in [-0.15, -0.1) is 0 Å². The molecule has 3 aromatic rings. The van der Waals surface area contributed by atoms with Crippen LogP contribution < -0.4 is 16.7 Å². The van der Waals surface area contributed by atoms with Crippen molar-refractivity contribution in [3.05, 3.63) is 81.1 Å². The largest absolute Gasteiger partial charge is 0.352 e. The van der Waals surface area contributed by atoms with Gasteiger partial charge in [0.2, 0.25) is 5.91 Å². The van der Waals surface area contributed by atoms with E-state index in [-0.39, 0.29) is 18.5 Å². The summed E-state index contributed by atoms with van der Waals surface area (Å²) in [5.41, 5.74) is 2.12. The summed E-state index contributed by atoms with van der Waals surface area (Å²) in [5, 5.41) is 7.09. The zero-order chi connectivity index (χ0) is 18.5. The van der Waals surface area contributed by atoms with Gasteiger partial charge in [0, 0.05) is 6.04 Å². The van der Waals surface area contributed by atoms with Crippen molar-refractivity contribution in [3.63, 3.8) is 0 Å². The fraction of sp³-hybridized carbons (Fsp3) is 0.211. The zero-order valence-electron chi connectivity index (χ0n) is 14.4. The Bertz CT molecular complexity index is 956. The second-order valence-corrected chi connectivity index (χ2v) is 6.18. The van der Waals surface area contributed by atoms with E-state index in [4.69, 9.17) is 0 Å². The van der Waals surface area contributed by atoms with Gasteiger partial charge in [-0.05, 0) is 30.0 Å². The number of aromatic nitrogens is 3. The van der Waals surface area contributed by atoms with Gasteiger partial charge in [0.05, 0.1) is 0 Å². The van der Waals surface area contributed by atoms with Gasteiger partial charge in [-0.1, -0.05) is 54.6 Å². The molecule has 0 saturated carbocycles. The molecule has 0 aliphatic rings. The molecular weight excluding hydrogens is 332 g/mol. The summed E-state index contributed by atoms with van der Waals surface area (Å²) in [5.74, 6) is -0.384. The van der Waals surface area contributed by atoms with E-state index in [1.165, 1.54) is 0 Å². The highest BCUT2D eigenvalue weighted by atomic mass is 16.2. The molecule has 3 rings (SSSR count). The number of H-pyrrole nitrogens is 2. The van der Waals surface area contributed by atoms with Gasteiger partial charge in [-0.2, -0.15) is 0 Å². The quantitative estimate of drug-likeness (QED) is 0.623. The van der Waals surface area contributed by atoms with Gasteiger partial charge in [0.1, 0.15) is 6.54 Å². The molecule has 26 heavy (non-hydrogen) atoms. The van der Waals surface area contributed by atoms with Crippen LogP contribution in [-0.2, 0) is 17.8 Å². The topological polar surface area (TPSA) is 99.8 Å². The van der Waals surface area contributed by atoms with Crippen molar-refractivity contribution >= 4 is 5.91 Å². The number of carbonyl (C=O) groups is 1. The van der Waals surface area contributed by atoms with Crippen LogP contribution in [0, 0.1) is 0 Å². The molecule has 7 heteroatoms. The number of hydrogen-bond acceptors (Lipinski definition) is 3. The normalized spacial score (nSPS) is 11.9. The molecule has 0 aliphatic heterocycles. The Balaban J connectivity index is 1.58. The Kier molecular flexibility index (Phi) is 5.17. The Morgan fingerprint density at radius 1 is 0.962 bits per heavy atom. The Morgan fingerprint density at radius 2 is 1.54 bits per heavy atom. The number of hydrogen-bond donors (Lipinski definition) is 3. The summed E-state index contributed by atoms with van der Waals surface area (Å²) in [7, 11) is 0. The van der Waals surface area contributed by atoms with Crippen molar-refractivity contribution in [2.24, 2.45) is 0 Å². The van der Waals surface area contributed by atoms with Crippen LogP contribution in [0.1, 0.15) is 12.5 Å². The number of amides is 1. The van der Waals surface area contributed by atoms with Crippen molar-refractivity contribution in [2.75, 3.05) is 0 Å². The van der Waals surface area contributed by atoms with Crippen LogP contribution in [0.4, 0.5) is 0 Å². The van der Waals surface area contributed by atoms with Gasteiger partial charge in [-0.25, -0.2) is 24.4 Å². The molecule has 0 bridgehead atoms. The lowest BCUT2D eigenvalue weighted by Crippen LogP contribution is -2.40. The first-order valence-electron chi connectivity index (χ1n) is 8.34. The second kappa shape index (κ2) is 7.69. The highest BCUT2D eigenvalue weighted by molar-refractivity contribution is 5.76. The average Bonchev–Trinajstić information content (AvgIpc) is 2.95. The van der Waals surface area contributed by atoms with Gasteiger partial charge in [-0.3, -0.25) is 4.79 Å². The smallest absolute Gasteiger partial charge is 0.344 e. The Hall–Kier alpha value is -3.35. The fourth-order valence-electron chi connectivity index (χ4n) is 2.81. The summed E-state index contributed by atoms with van der Waals surface area (Å²) < 4.78 is 0.816. The number of nitrogens with zero attached hydrogens (tertiary/aromatic N) is 1. The van der Waals surface area contributed by atoms with Crippen LogP contribution in [0.3, 0.4) is 0 Å². The van der Waals surface area contributed by atoms with E-state index in [0.29, 0.717) is 6.42 Å². The second-order valence-electron chi connectivity index (χ2n) is 6.18. The molecule has 0 radical (unpaired) electrons. The summed E-state index contributed by atoms with van der Waals surface area (Å²) >= 11 is 0. The minimum atomic E-state index is -0.630.